The van der Waals surface area contributed by atoms with Crippen molar-refractivity contribution >= 4 is 0 Å². The SMILES string of the molecule is CN(C)CC1C/C1=C\N. The smallest absolute Gasteiger partial charge is 0.00447 e. The zero-order valence-electron chi connectivity index (χ0n) is 6.09. The number of rotatable bonds is 2. The molecule has 52 valence electrons. The second-order valence-corrected chi connectivity index (χ2v) is 2.90. The van der Waals surface area contributed by atoms with Crippen molar-refractivity contribution in [1.29, 1.82) is 0 Å². The van der Waals surface area contributed by atoms with Gasteiger partial charge in [-0.3, -0.25) is 0 Å². The van der Waals surface area contributed by atoms with Gasteiger partial charge in [-0.25, -0.2) is 0 Å². The lowest BCUT2D eigenvalue weighted by Gasteiger charge is -2.05. The Morgan fingerprint density at radius 2 is 2.44 bits per heavy atom. The van der Waals surface area contributed by atoms with Gasteiger partial charge in [0.25, 0.3) is 0 Å². The van der Waals surface area contributed by atoms with Crippen molar-refractivity contribution in [3.8, 4) is 0 Å². The van der Waals surface area contributed by atoms with Crippen LogP contribution in [-0.2, 0) is 0 Å². The second kappa shape index (κ2) is 2.40. The third-order valence-electron chi connectivity index (χ3n) is 1.65. The molecule has 0 radical (unpaired) electrons. The number of hydrogen-bond acceptors (Lipinski definition) is 2. The summed E-state index contributed by atoms with van der Waals surface area (Å²) in [4.78, 5) is 2.20. The Bertz CT molecular complexity index is 127. The van der Waals surface area contributed by atoms with Gasteiger partial charge in [-0.15, -0.1) is 0 Å². The van der Waals surface area contributed by atoms with Crippen molar-refractivity contribution in [1.82, 2.24) is 4.90 Å². The molecule has 0 aliphatic heterocycles. The van der Waals surface area contributed by atoms with E-state index in [4.69, 9.17) is 5.73 Å². The molecule has 0 aromatic rings. The van der Waals surface area contributed by atoms with Crippen LogP contribution in [0.25, 0.3) is 0 Å². The zero-order chi connectivity index (χ0) is 6.85. The van der Waals surface area contributed by atoms with Gasteiger partial charge in [-0.05, 0) is 38.2 Å². The molecule has 0 spiro atoms. The maximum atomic E-state index is 5.32. The molecule has 2 nitrogen and oxygen atoms in total. The molecule has 0 bridgehead atoms. The molecular weight excluding hydrogens is 112 g/mol. The Morgan fingerprint density at radius 3 is 2.78 bits per heavy atom. The zero-order valence-corrected chi connectivity index (χ0v) is 6.09. The first-order chi connectivity index (χ1) is 4.24. The van der Waals surface area contributed by atoms with Gasteiger partial charge in [-0.2, -0.15) is 0 Å². The van der Waals surface area contributed by atoms with Crippen LogP contribution in [0.2, 0.25) is 0 Å². The topological polar surface area (TPSA) is 29.3 Å². The Labute approximate surface area is 56.3 Å². The molecule has 0 amide bonds. The summed E-state index contributed by atoms with van der Waals surface area (Å²) in [6.07, 6.45) is 2.96. The minimum Gasteiger partial charge on any atom is -0.405 e. The quantitative estimate of drug-likeness (QED) is 0.580. The van der Waals surface area contributed by atoms with E-state index < -0.39 is 0 Å². The van der Waals surface area contributed by atoms with E-state index in [1.807, 2.05) is 0 Å². The van der Waals surface area contributed by atoms with E-state index in [9.17, 15) is 0 Å². The fraction of sp³-hybridized carbons (Fsp3) is 0.714. The summed E-state index contributed by atoms with van der Waals surface area (Å²) in [6.45, 7) is 1.16. The lowest BCUT2D eigenvalue weighted by molar-refractivity contribution is 0.394. The molecule has 2 N–H and O–H groups in total. The van der Waals surface area contributed by atoms with Gasteiger partial charge in [0.05, 0.1) is 0 Å². The average Bonchev–Trinajstić information content (AvgIpc) is 2.45. The van der Waals surface area contributed by atoms with Gasteiger partial charge in [0.1, 0.15) is 0 Å². The van der Waals surface area contributed by atoms with Gasteiger partial charge in [0, 0.05) is 6.54 Å². The van der Waals surface area contributed by atoms with E-state index in [1.54, 1.807) is 6.20 Å². The molecule has 0 aromatic heterocycles. The molecular formula is C7H14N2. The highest BCUT2D eigenvalue weighted by Gasteiger charge is 2.28. The molecule has 1 aliphatic carbocycles. The maximum Gasteiger partial charge on any atom is 0.00447 e. The summed E-state index contributed by atoms with van der Waals surface area (Å²) >= 11 is 0. The number of nitrogens with two attached hydrogens (primary N) is 1. The number of nitrogens with zero attached hydrogens (tertiary/aromatic N) is 1. The van der Waals surface area contributed by atoms with Crippen LogP contribution in [0, 0.1) is 5.92 Å². The highest BCUT2D eigenvalue weighted by molar-refractivity contribution is 5.22. The Kier molecular flexibility index (Phi) is 1.76. The third kappa shape index (κ3) is 1.72. The van der Waals surface area contributed by atoms with Crippen LogP contribution in [0.3, 0.4) is 0 Å². The minimum atomic E-state index is 0.769. The first kappa shape index (κ1) is 6.62. The van der Waals surface area contributed by atoms with Crippen molar-refractivity contribution in [3.05, 3.63) is 11.8 Å². The molecule has 1 fully saturated rings. The first-order valence-electron chi connectivity index (χ1n) is 3.29. The molecule has 0 saturated heterocycles. The maximum absolute atomic E-state index is 5.32. The van der Waals surface area contributed by atoms with Crippen molar-refractivity contribution in [2.75, 3.05) is 20.6 Å². The lowest BCUT2D eigenvalue weighted by Crippen LogP contribution is -2.14. The highest BCUT2D eigenvalue weighted by Crippen LogP contribution is 2.36. The summed E-state index contributed by atoms with van der Waals surface area (Å²) in [7, 11) is 4.18. The molecule has 9 heavy (non-hydrogen) atoms. The molecule has 1 rings (SSSR count). The van der Waals surface area contributed by atoms with Crippen molar-refractivity contribution in [2.45, 2.75) is 6.42 Å². The fourth-order valence-electron chi connectivity index (χ4n) is 1.05. The standard InChI is InChI=1S/C7H14N2/c1-9(2)5-7-3-6(7)4-8/h4,7H,3,5,8H2,1-2H3/b6-4+. The van der Waals surface area contributed by atoms with Gasteiger partial charge in [0.15, 0.2) is 0 Å². The van der Waals surface area contributed by atoms with E-state index in [2.05, 4.69) is 19.0 Å². The van der Waals surface area contributed by atoms with Gasteiger partial charge in [-0.1, -0.05) is 0 Å². The van der Waals surface area contributed by atoms with Crippen molar-refractivity contribution in [3.63, 3.8) is 0 Å². The van der Waals surface area contributed by atoms with E-state index in [0.717, 1.165) is 12.5 Å². The van der Waals surface area contributed by atoms with Crippen LogP contribution in [0.4, 0.5) is 0 Å². The summed E-state index contributed by atoms with van der Waals surface area (Å²) < 4.78 is 0. The van der Waals surface area contributed by atoms with Gasteiger partial charge in [0.2, 0.25) is 0 Å². The summed E-state index contributed by atoms with van der Waals surface area (Å²) in [5.74, 6) is 0.769. The predicted molar refractivity (Wildman–Crippen MR) is 38.9 cm³/mol. The largest absolute Gasteiger partial charge is 0.405 e. The molecule has 1 atom stereocenters. The van der Waals surface area contributed by atoms with E-state index in [-0.39, 0.29) is 0 Å². The van der Waals surface area contributed by atoms with Crippen molar-refractivity contribution < 1.29 is 0 Å². The molecule has 1 saturated carbocycles. The van der Waals surface area contributed by atoms with Gasteiger partial charge < -0.3 is 10.6 Å². The van der Waals surface area contributed by atoms with E-state index in [0.29, 0.717) is 0 Å². The Morgan fingerprint density at radius 1 is 1.78 bits per heavy atom. The van der Waals surface area contributed by atoms with Crippen LogP contribution < -0.4 is 5.73 Å². The van der Waals surface area contributed by atoms with E-state index >= 15 is 0 Å². The molecule has 1 aliphatic rings. The normalized spacial score (nSPS) is 29.7. The molecule has 1 unspecified atom stereocenters. The Balaban J connectivity index is 2.20. The summed E-state index contributed by atoms with van der Waals surface area (Å²) in [6, 6.07) is 0. The fourth-order valence-corrected chi connectivity index (χ4v) is 1.05. The van der Waals surface area contributed by atoms with Gasteiger partial charge >= 0.3 is 0 Å². The van der Waals surface area contributed by atoms with Crippen LogP contribution in [-0.4, -0.2) is 25.5 Å². The molecule has 0 heterocycles. The number of hydrogen-bond donors (Lipinski definition) is 1. The minimum absolute atomic E-state index is 0.769. The van der Waals surface area contributed by atoms with E-state index in [1.165, 1.54) is 12.0 Å². The monoisotopic (exact) mass is 126 g/mol. The van der Waals surface area contributed by atoms with Crippen LogP contribution in [0.15, 0.2) is 11.8 Å². The van der Waals surface area contributed by atoms with Crippen LogP contribution >= 0.6 is 0 Å². The average molecular weight is 126 g/mol. The van der Waals surface area contributed by atoms with Crippen molar-refractivity contribution in [2.24, 2.45) is 11.7 Å². The van der Waals surface area contributed by atoms with Crippen LogP contribution in [0.5, 0.6) is 0 Å². The third-order valence-corrected chi connectivity index (χ3v) is 1.65. The lowest BCUT2D eigenvalue weighted by atomic mass is 10.4. The Hall–Kier alpha value is -0.500. The van der Waals surface area contributed by atoms with Crippen LogP contribution in [0.1, 0.15) is 6.42 Å². The summed E-state index contributed by atoms with van der Waals surface area (Å²) in [5.41, 5.74) is 6.74. The first-order valence-corrected chi connectivity index (χ1v) is 3.29. The summed E-state index contributed by atoms with van der Waals surface area (Å²) in [5, 5.41) is 0. The second-order valence-electron chi connectivity index (χ2n) is 2.90. The molecule has 0 aromatic carbocycles. The highest BCUT2D eigenvalue weighted by atomic mass is 15.1. The molecule has 2 heteroatoms. The predicted octanol–water partition coefficient (Wildman–Crippen LogP) is 0.410.